The maximum Gasteiger partial charge on any atom is 0.355 e. The molecule has 0 amide bonds. The van der Waals surface area contributed by atoms with Crippen LogP contribution in [0.5, 0.6) is 0 Å². The minimum atomic E-state index is -0.538. The highest BCUT2D eigenvalue weighted by atomic mass is 16.6. The lowest BCUT2D eigenvalue weighted by molar-refractivity contribution is 0.00638. The van der Waals surface area contributed by atoms with Crippen LogP contribution in [-0.2, 0) is 9.47 Å². The van der Waals surface area contributed by atoms with Crippen molar-refractivity contribution >= 4 is 22.8 Å². The molecule has 0 aromatic carbocycles. The van der Waals surface area contributed by atoms with E-state index in [4.69, 9.17) is 9.47 Å². The molecular formula is C16H22N4O3. The summed E-state index contributed by atoms with van der Waals surface area (Å²) in [6, 6.07) is 1.73. The van der Waals surface area contributed by atoms with Crippen molar-refractivity contribution in [1.82, 2.24) is 15.0 Å². The summed E-state index contributed by atoms with van der Waals surface area (Å²) >= 11 is 0. The monoisotopic (exact) mass is 318 g/mol. The Balaban J connectivity index is 1.78. The second-order valence-corrected chi connectivity index (χ2v) is 6.78. The molecule has 0 bridgehead atoms. The number of aromatic nitrogens is 3. The van der Waals surface area contributed by atoms with Crippen LogP contribution in [0, 0.1) is 5.92 Å². The van der Waals surface area contributed by atoms with Gasteiger partial charge in [-0.05, 0) is 33.3 Å². The van der Waals surface area contributed by atoms with Crippen LogP contribution in [0.3, 0.4) is 0 Å². The molecule has 0 aliphatic carbocycles. The Hall–Kier alpha value is -2.15. The zero-order chi connectivity index (χ0) is 16.4. The van der Waals surface area contributed by atoms with E-state index < -0.39 is 11.6 Å². The van der Waals surface area contributed by atoms with Gasteiger partial charge in [-0.1, -0.05) is 0 Å². The van der Waals surface area contributed by atoms with Gasteiger partial charge >= 0.3 is 5.97 Å². The fraction of sp³-hybridized carbons (Fsp3) is 0.562. The number of carbonyl (C=O) groups is 1. The number of ether oxygens (including phenoxy) is 2. The average molecular weight is 318 g/mol. The van der Waals surface area contributed by atoms with Gasteiger partial charge in [0.1, 0.15) is 29.1 Å². The molecule has 1 fully saturated rings. The quantitative estimate of drug-likeness (QED) is 0.841. The third kappa shape index (κ3) is 3.79. The van der Waals surface area contributed by atoms with E-state index in [1.54, 1.807) is 6.07 Å². The van der Waals surface area contributed by atoms with Crippen molar-refractivity contribution in [3.8, 4) is 0 Å². The van der Waals surface area contributed by atoms with Crippen molar-refractivity contribution < 1.29 is 14.3 Å². The van der Waals surface area contributed by atoms with Crippen LogP contribution >= 0.6 is 0 Å². The smallest absolute Gasteiger partial charge is 0.355 e. The number of nitrogens with zero attached hydrogens (tertiary/aromatic N) is 2. The molecular weight excluding hydrogens is 296 g/mol. The van der Waals surface area contributed by atoms with Gasteiger partial charge < -0.3 is 19.8 Å². The van der Waals surface area contributed by atoms with Crippen molar-refractivity contribution in [2.24, 2.45) is 5.92 Å². The molecule has 7 nitrogen and oxygen atoms in total. The van der Waals surface area contributed by atoms with Gasteiger partial charge in [-0.15, -0.1) is 0 Å². The first-order chi connectivity index (χ1) is 10.9. The van der Waals surface area contributed by atoms with E-state index in [0.717, 1.165) is 31.6 Å². The van der Waals surface area contributed by atoms with Crippen LogP contribution in [0.25, 0.3) is 11.0 Å². The van der Waals surface area contributed by atoms with Crippen LogP contribution in [0.15, 0.2) is 12.4 Å². The molecule has 0 saturated carbocycles. The number of hydrogen-bond donors (Lipinski definition) is 2. The summed E-state index contributed by atoms with van der Waals surface area (Å²) < 4.78 is 10.8. The second kappa shape index (κ2) is 6.16. The lowest BCUT2D eigenvalue weighted by Crippen LogP contribution is -2.24. The second-order valence-electron chi connectivity index (χ2n) is 6.78. The van der Waals surface area contributed by atoms with Gasteiger partial charge in [-0.25, -0.2) is 14.8 Å². The summed E-state index contributed by atoms with van der Waals surface area (Å²) in [5.74, 6) is 0.808. The van der Waals surface area contributed by atoms with Crippen LogP contribution in [-0.4, -0.2) is 46.3 Å². The van der Waals surface area contributed by atoms with Gasteiger partial charge in [0.2, 0.25) is 0 Å². The molecule has 1 aliphatic heterocycles. The van der Waals surface area contributed by atoms with E-state index in [-0.39, 0.29) is 0 Å². The van der Waals surface area contributed by atoms with Crippen molar-refractivity contribution in [2.75, 3.05) is 25.1 Å². The van der Waals surface area contributed by atoms with E-state index >= 15 is 0 Å². The Kier molecular flexibility index (Phi) is 4.21. The summed E-state index contributed by atoms with van der Waals surface area (Å²) in [7, 11) is 0. The molecule has 3 heterocycles. The number of nitrogens with one attached hydrogen (secondary N) is 2. The zero-order valence-corrected chi connectivity index (χ0v) is 13.7. The first-order valence-electron chi connectivity index (χ1n) is 7.81. The topological polar surface area (TPSA) is 89.1 Å². The Morgan fingerprint density at radius 2 is 2.30 bits per heavy atom. The van der Waals surface area contributed by atoms with Gasteiger partial charge in [-0.3, -0.25) is 0 Å². The average Bonchev–Trinajstić information content (AvgIpc) is 3.12. The predicted molar refractivity (Wildman–Crippen MR) is 86.5 cm³/mol. The first-order valence-corrected chi connectivity index (χ1v) is 7.81. The van der Waals surface area contributed by atoms with Crippen LogP contribution in [0.1, 0.15) is 37.7 Å². The highest BCUT2D eigenvalue weighted by Crippen LogP contribution is 2.23. The molecule has 1 unspecified atom stereocenters. The molecule has 2 aromatic heterocycles. The molecule has 0 spiro atoms. The largest absolute Gasteiger partial charge is 0.455 e. The lowest BCUT2D eigenvalue weighted by atomic mass is 10.1. The van der Waals surface area contributed by atoms with Crippen LogP contribution in [0.4, 0.5) is 5.82 Å². The molecule has 1 aliphatic rings. The summed E-state index contributed by atoms with van der Waals surface area (Å²) in [4.78, 5) is 23.6. The SMILES string of the molecule is CC(C)(C)OC(=O)c1cc2c(NCC3CCOC3)ncnc2[nH]1. The van der Waals surface area contributed by atoms with Crippen molar-refractivity contribution in [3.05, 3.63) is 18.1 Å². The molecule has 23 heavy (non-hydrogen) atoms. The molecule has 2 aromatic rings. The van der Waals surface area contributed by atoms with E-state index in [0.29, 0.717) is 23.1 Å². The number of H-pyrrole nitrogens is 1. The number of hydrogen-bond acceptors (Lipinski definition) is 6. The molecule has 0 radical (unpaired) electrons. The van der Waals surface area contributed by atoms with Crippen molar-refractivity contribution in [1.29, 1.82) is 0 Å². The standard InChI is InChI=1S/C16H22N4O3/c1-16(2,3)23-15(21)12-6-11-13(18-9-19-14(11)20-12)17-7-10-4-5-22-8-10/h6,9-10H,4-5,7-8H2,1-3H3,(H2,17,18,19,20). The minimum absolute atomic E-state index is 0.377. The minimum Gasteiger partial charge on any atom is -0.455 e. The third-order valence-electron chi connectivity index (χ3n) is 3.63. The maximum absolute atomic E-state index is 12.2. The summed E-state index contributed by atoms with van der Waals surface area (Å²) in [6.45, 7) is 7.90. The Labute approximate surface area is 134 Å². The van der Waals surface area contributed by atoms with Gasteiger partial charge in [0, 0.05) is 19.1 Å². The highest BCUT2D eigenvalue weighted by molar-refractivity contribution is 5.97. The van der Waals surface area contributed by atoms with Gasteiger partial charge in [0.05, 0.1) is 12.0 Å². The van der Waals surface area contributed by atoms with E-state index in [9.17, 15) is 4.79 Å². The van der Waals surface area contributed by atoms with Gasteiger partial charge in [0.25, 0.3) is 0 Å². The molecule has 3 rings (SSSR count). The number of fused-ring (bicyclic) bond motifs is 1. The number of esters is 1. The number of aromatic amines is 1. The Morgan fingerprint density at radius 3 is 3.00 bits per heavy atom. The normalized spacial score (nSPS) is 18.3. The van der Waals surface area contributed by atoms with Gasteiger partial charge in [0.15, 0.2) is 0 Å². The maximum atomic E-state index is 12.2. The summed E-state index contributed by atoms with van der Waals surface area (Å²) in [5, 5.41) is 4.11. The Bertz CT molecular complexity index is 699. The number of carbonyl (C=O) groups excluding carboxylic acids is 1. The summed E-state index contributed by atoms with van der Waals surface area (Å²) in [5.41, 5.74) is 0.456. The van der Waals surface area contributed by atoms with E-state index in [1.165, 1.54) is 6.33 Å². The molecule has 2 N–H and O–H groups in total. The lowest BCUT2D eigenvalue weighted by Gasteiger charge is -2.18. The first kappa shape index (κ1) is 15.7. The molecule has 124 valence electrons. The van der Waals surface area contributed by atoms with Crippen LogP contribution < -0.4 is 5.32 Å². The van der Waals surface area contributed by atoms with E-state index in [1.807, 2.05) is 20.8 Å². The van der Waals surface area contributed by atoms with Crippen molar-refractivity contribution in [3.63, 3.8) is 0 Å². The summed E-state index contributed by atoms with van der Waals surface area (Å²) in [6.07, 6.45) is 2.53. The van der Waals surface area contributed by atoms with E-state index in [2.05, 4.69) is 20.3 Å². The highest BCUT2D eigenvalue weighted by Gasteiger charge is 2.21. The van der Waals surface area contributed by atoms with Crippen LogP contribution in [0.2, 0.25) is 0 Å². The molecule has 1 atom stereocenters. The number of rotatable bonds is 4. The zero-order valence-electron chi connectivity index (χ0n) is 13.7. The number of anilines is 1. The van der Waals surface area contributed by atoms with Crippen molar-refractivity contribution in [2.45, 2.75) is 32.8 Å². The predicted octanol–water partition coefficient (Wildman–Crippen LogP) is 2.36. The fourth-order valence-electron chi connectivity index (χ4n) is 2.51. The Morgan fingerprint density at radius 1 is 1.48 bits per heavy atom. The third-order valence-corrected chi connectivity index (χ3v) is 3.63. The molecule has 7 heteroatoms. The fourth-order valence-corrected chi connectivity index (χ4v) is 2.51. The molecule has 1 saturated heterocycles. The van der Waals surface area contributed by atoms with Gasteiger partial charge in [-0.2, -0.15) is 0 Å².